The number of aliphatic imine (C=N–C) groups is 4. The standard InChI is InChI=1S/C58H48N8.6C4H8O.Li.H2O.2Zn/c1-5-57(6-2)53-25-21-41(63-53)33-59-49-17-9-13-37-29-39-15-11-19-51(47(39)31-45(37)49)61-35-43-23-27-55(65-43)58(7-3,8-4)56-28-24-44(66-56)36-62-52-20-12-16-40-30-38-14-10-18-50(46(38)32-48(40)52)60-34-42-22-26-54(57)64-42;6*1-2-4-5-3-1;;;;/h9-36H,5-8H2,1-4H3;6*1-4H2;;1H2;;/q-4;;;;;;;+1;;2*+2/p-1. The quantitative estimate of drug-likeness (QED) is 0.120. The topological polar surface area (TPSA) is 191 Å². The molecule has 4 aromatic heterocycles. The van der Waals surface area contributed by atoms with Crippen molar-refractivity contribution < 1.29 is 91.7 Å². The Morgan fingerprint density at radius 2 is 0.490 bits per heavy atom. The number of aromatic nitrogens is 4. The molecule has 17 rings (SSSR count). The van der Waals surface area contributed by atoms with E-state index in [4.69, 9.17) is 68.3 Å². The summed E-state index contributed by atoms with van der Waals surface area (Å²) in [7, 11) is 0. The van der Waals surface area contributed by atoms with E-state index >= 15 is 0 Å². The fourth-order valence-corrected chi connectivity index (χ4v) is 13.2. The van der Waals surface area contributed by atoms with E-state index in [2.05, 4.69) is 173 Å². The molecule has 6 saturated heterocycles. The van der Waals surface area contributed by atoms with Gasteiger partial charge in [-0.2, -0.15) is 22.8 Å². The Labute approximate surface area is 629 Å². The Balaban J connectivity index is 0.000000338. The van der Waals surface area contributed by atoms with Crippen molar-refractivity contribution in [3.05, 3.63) is 191 Å². The van der Waals surface area contributed by atoms with Crippen LogP contribution in [-0.2, 0) is 78.2 Å². The Hall–Kier alpha value is -6.28. The number of nitrogens with zero attached hydrogens (tertiary/aromatic N) is 8. The number of fused-ring (bicyclic) bond motifs is 8. The fourth-order valence-electron chi connectivity index (χ4n) is 13.2. The molecule has 0 saturated carbocycles. The number of benzene rings is 6. The Morgan fingerprint density at radius 3 is 0.660 bits per heavy atom. The molecule has 0 spiro atoms. The number of hydrogen-bond acceptors (Lipinski definition) is 11. The zero-order valence-electron chi connectivity index (χ0n) is 59.9. The van der Waals surface area contributed by atoms with Crippen LogP contribution in [-0.4, -0.2) is 110 Å². The molecule has 0 aliphatic carbocycles. The van der Waals surface area contributed by atoms with Crippen LogP contribution in [0.1, 0.15) is 176 Å². The molecule has 6 aromatic carbocycles. The van der Waals surface area contributed by atoms with Gasteiger partial charge in [0.2, 0.25) is 0 Å². The third-order valence-corrected chi connectivity index (χ3v) is 19.0. The molecule has 15 nitrogen and oxygen atoms in total. The molecule has 0 radical (unpaired) electrons. The van der Waals surface area contributed by atoms with E-state index < -0.39 is 0 Å². The SMILES string of the molecule is C1CCOC1.C1CCOC1.C1CCOC1.C1CCOC1.C1CCOC1.C1CCOC1.CCC1(CC)c2ccc([n-]2)C=Nc2cccc3cc4cccc(c4cc23)N=Cc2ccc([n-]2)C(CC)(CC)c2ccc([n-]2)C=Nc2cccc3cc4cccc(c4cc23)N=Cc2ccc1[n-]2.[Li+].[OH-].[Zn+2].[Zn+2]. The van der Waals surface area contributed by atoms with Crippen LogP contribution in [0.3, 0.4) is 0 Å². The van der Waals surface area contributed by atoms with Crippen LogP contribution in [0.25, 0.3) is 43.1 Å². The van der Waals surface area contributed by atoms with E-state index in [9.17, 15) is 0 Å². The normalized spacial score (nSPS) is 16.8. The molecular formula is C82H97LiN8O7Zn2. The number of hydrogen-bond donors (Lipinski definition) is 0. The van der Waals surface area contributed by atoms with Crippen LogP contribution < -0.4 is 38.8 Å². The molecule has 6 fully saturated rings. The predicted molar refractivity (Wildman–Crippen MR) is 396 cm³/mol. The van der Waals surface area contributed by atoms with Gasteiger partial charge in [-0.05, 0) is 184 Å². The maximum atomic E-state index is 5.17. The van der Waals surface area contributed by atoms with E-state index in [-0.39, 0.29) is 74.1 Å². The minimum Gasteiger partial charge on any atom is -0.870 e. The first kappa shape index (κ1) is 81.0. The van der Waals surface area contributed by atoms with Crippen LogP contribution in [0.5, 0.6) is 0 Å². The van der Waals surface area contributed by atoms with Crippen molar-refractivity contribution in [1.29, 1.82) is 0 Å². The summed E-state index contributed by atoms with van der Waals surface area (Å²) >= 11 is 0. The van der Waals surface area contributed by atoms with Gasteiger partial charge in [0, 0.05) is 126 Å². The van der Waals surface area contributed by atoms with E-state index in [1.807, 2.05) is 24.9 Å². The molecule has 1 N–H and O–H groups in total. The van der Waals surface area contributed by atoms with Crippen LogP contribution in [0.15, 0.2) is 166 Å². The Morgan fingerprint density at radius 1 is 0.290 bits per heavy atom. The summed E-state index contributed by atoms with van der Waals surface area (Å²) in [6.07, 6.45) is 26.2. The molecule has 7 aliphatic heterocycles. The average molecular weight is 1440 g/mol. The van der Waals surface area contributed by atoms with Gasteiger partial charge in [0.1, 0.15) is 0 Å². The second-order valence-electron chi connectivity index (χ2n) is 25.2. The summed E-state index contributed by atoms with van der Waals surface area (Å²) < 4.78 is 29.7. The van der Waals surface area contributed by atoms with Crippen LogP contribution in [0, 0.1) is 0 Å². The van der Waals surface area contributed by atoms with Gasteiger partial charge in [0.05, 0.1) is 22.7 Å². The van der Waals surface area contributed by atoms with Crippen molar-refractivity contribution in [3.8, 4) is 0 Å². The zero-order valence-corrected chi connectivity index (χ0v) is 65.8. The summed E-state index contributed by atoms with van der Waals surface area (Å²) in [6.45, 7) is 20.9. The first-order valence-electron chi connectivity index (χ1n) is 35.5. The van der Waals surface area contributed by atoms with E-state index in [1.165, 1.54) is 77.0 Å². The minimum absolute atomic E-state index is 0. The number of ether oxygens (including phenoxy) is 6. The van der Waals surface area contributed by atoms with Crippen molar-refractivity contribution in [2.75, 3.05) is 79.3 Å². The minimum atomic E-state index is -0.366. The van der Waals surface area contributed by atoms with Gasteiger partial charge in [0.15, 0.2) is 0 Å². The molecule has 512 valence electrons. The summed E-state index contributed by atoms with van der Waals surface area (Å²) in [6, 6.07) is 50.6. The van der Waals surface area contributed by atoms with Crippen molar-refractivity contribution >= 4 is 90.7 Å². The van der Waals surface area contributed by atoms with E-state index in [0.717, 1.165) is 216 Å². The van der Waals surface area contributed by atoms with Crippen LogP contribution in [0.2, 0.25) is 0 Å². The fraction of sp³-hybridized carbons (Fsp3) is 0.415. The summed E-state index contributed by atoms with van der Waals surface area (Å²) in [5.74, 6) is 0. The molecule has 10 aromatic rings. The van der Waals surface area contributed by atoms with Crippen LogP contribution in [0.4, 0.5) is 22.7 Å². The van der Waals surface area contributed by atoms with Crippen molar-refractivity contribution in [2.45, 2.75) is 141 Å². The summed E-state index contributed by atoms with van der Waals surface area (Å²) in [5.41, 5.74) is 9.94. The van der Waals surface area contributed by atoms with Gasteiger partial charge >= 0.3 is 57.8 Å². The third kappa shape index (κ3) is 21.4. The van der Waals surface area contributed by atoms with Gasteiger partial charge in [0.25, 0.3) is 0 Å². The molecular weight excluding hydrogens is 1350 g/mol. The first-order chi connectivity index (χ1) is 47.4. The Bertz CT molecular complexity index is 3580. The van der Waals surface area contributed by atoms with Gasteiger partial charge in [-0.25, -0.2) is 0 Å². The van der Waals surface area contributed by atoms with E-state index in [1.54, 1.807) is 0 Å². The molecule has 0 atom stereocenters. The molecule has 100 heavy (non-hydrogen) atoms. The molecule has 7 aliphatic rings. The maximum absolute atomic E-state index is 5.17. The van der Waals surface area contributed by atoms with Crippen LogP contribution >= 0.6 is 0 Å². The van der Waals surface area contributed by atoms with E-state index in [0.29, 0.717) is 0 Å². The molecule has 12 bridgehead atoms. The monoisotopic (exact) mass is 1440 g/mol. The first-order valence-corrected chi connectivity index (χ1v) is 35.5. The van der Waals surface area contributed by atoms with Gasteiger partial charge < -0.3 is 53.8 Å². The van der Waals surface area contributed by atoms with Gasteiger partial charge in [-0.15, -0.1) is 22.8 Å². The Kier molecular flexibility index (Phi) is 34.3. The second-order valence-corrected chi connectivity index (χ2v) is 25.2. The number of rotatable bonds is 4. The van der Waals surface area contributed by atoms with Crippen molar-refractivity contribution in [2.24, 2.45) is 20.0 Å². The second kappa shape index (κ2) is 42.3. The summed E-state index contributed by atoms with van der Waals surface area (Å²) in [5, 5.41) is 8.63. The van der Waals surface area contributed by atoms with Gasteiger partial charge in [-0.3, -0.25) is 20.0 Å². The smallest absolute Gasteiger partial charge is 0.870 e. The van der Waals surface area contributed by atoms with Crippen molar-refractivity contribution in [3.63, 3.8) is 0 Å². The average Bonchev–Trinajstić information content (AvgIpc) is 1.77. The molecule has 0 unspecified atom stereocenters. The summed E-state index contributed by atoms with van der Waals surface area (Å²) in [4.78, 5) is 40.9. The molecule has 0 amide bonds. The predicted octanol–water partition coefficient (Wildman–Crippen LogP) is 15.3. The maximum Gasteiger partial charge on any atom is 2.00 e. The molecule has 11 heterocycles. The zero-order chi connectivity index (χ0) is 66.0. The largest absolute Gasteiger partial charge is 2.00 e. The molecule has 18 heteroatoms. The third-order valence-electron chi connectivity index (χ3n) is 19.0. The van der Waals surface area contributed by atoms with Gasteiger partial charge in [-0.1, -0.05) is 125 Å². The van der Waals surface area contributed by atoms with Crippen molar-refractivity contribution in [1.82, 2.24) is 19.9 Å².